The summed E-state index contributed by atoms with van der Waals surface area (Å²) >= 11 is 1.57. The van der Waals surface area contributed by atoms with Crippen molar-refractivity contribution in [2.45, 2.75) is 30.7 Å². The number of aryl methyl sites for hydroxylation is 1. The smallest absolute Gasteiger partial charge is 0.267 e. The third kappa shape index (κ3) is 3.22. The summed E-state index contributed by atoms with van der Waals surface area (Å²) in [5, 5.41) is 11.8. The van der Waals surface area contributed by atoms with Crippen LogP contribution in [-0.2, 0) is 28.4 Å². The van der Waals surface area contributed by atoms with Crippen LogP contribution in [0.1, 0.15) is 29.3 Å². The highest BCUT2D eigenvalue weighted by Crippen LogP contribution is 2.15. The van der Waals surface area contributed by atoms with Gasteiger partial charge >= 0.3 is 0 Å². The molecule has 0 spiro atoms. The number of thiophene rings is 1. The third-order valence-electron chi connectivity index (χ3n) is 2.84. The topological polar surface area (TPSA) is 115 Å². The molecule has 3 heterocycles. The molecule has 0 aliphatic carbocycles. The zero-order chi connectivity index (χ0) is 15.6. The van der Waals surface area contributed by atoms with Gasteiger partial charge in [0.05, 0.1) is 0 Å². The number of H-pyrrole nitrogens is 1. The van der Waals surface area contributed by atoms with Crippen LogP contribution in [0.25, 0.3) is 0 Å². The van der Waals surface area contributed by atoms with Gasteiger partial charge in [0.1, 0.15) is 11.6 Å². The quantitative estimate of drug-likeness (QED) is 0.721. The maximum atomic E-state index is 12.3. The van der Waals surface area contributed by atoms with E-state index in [0.717, 1.165) is 4.88 Å². The van der Waals surface area contributed by atoms with Gasteiger partial charge in [0, 0.05) is 17.7 Å². The average molecular weight is 339 g/mol. The Kier molecular flexibility index (Phi) is 4.03. The molecule has 0 radical (unpaired) electrons. The second-order valence-electron chi connectivity index (χ2n) is 4.54. The molecule has 0 atom stereocenters. The number of nitrogens with one attached hydrogen (secondary N) is 1. The summed E-state index contributed by atoms with van der Waals surface area (Å²) in [5.74, 6) is 0.635. The fourth-order valence-electron chi connectivity index (χ4n) is 1.80. The second-order valence-corrected chi connectivity index (χ2v) is 7.45. The maximum Gasteiger partial charge on any atom is 0.267 e. The van der Waals surface area contributed by atoms with Crippen molar-refractivity contribution < 1.29 is 12.9 Å². The van der Waals surface area contributed by atoms with E-state index in [2.05, 4.69) is 25.3 Å². The summed E-state index contributed by atoms with van der Waals surface area (Å²) in [6.45, 7) is 1.85. The van der Waals surface area contributed by atoms with Crippen molar-refractivity contribution in [3.63, 3.8) is 0 Å². The van der Waals surface area contributed by atoms with E-state index < -0.39 is 9.84 Å². The van der Waals surface area contributed by atoms with Crippen molar-refractivity contribution in [1.29, 1.82) is 0 Å². The van der Waals surface area contributed by atoms with E-state index in [1.54, 1.807) is 11.3 Å². The van der Waals surface area contributed by atoms with E-state index >= 15 is 0 Å². The molecule has 0 amide bonds. The molecule has 0 fully saturated rings. The van der Waals surface area contributed by atoms with Crippen LogP contribution in [-0.4, -0.2) is 33.7 Å². The summed E-state index contributed by atoms with van der Waals surface area (Å²) < 4.78 is 29.4. The minimum absolute atomic E-state index is 0.112. The molecule has 22 heavy (non-hydrogen) atoms. The van der Waals surface area contributed by atoms with Crippen molar-refractivity contribution in [2.75, 3.05) is 0 Å². The van der Waals surface area contributed by atoms with Gasteiger partial charge in [0.2, 0.25) is 15.7 Å². The molecule has 0 saturated heterocycles. The first-order valence-corrected chi connectivity index (χ1v) is 9.08. The van der Waals surface area contributed by atoms with Crippen molar-refractivity contribution >= 4 is 21.2 Å². The number of sulfone groups is 1. The standard InChI is InChI=1S/C12H13N5O3S2/c1-2-11-13-10(17-20-11)7-22(18,19)12-14-9(15-16-12)6-8-4-3-5-21-8/h3-5H,2,6-7H2,1H3,(H,14,15,16). The van der Waals surface area contributed by atoms with Gasteiger partial charge in [0.25, 0.3) is 5.16 Å². The summed E-state index contributed by atoms with van der Waals surface area (Å²) in [7, 11) is -3.70. The van der Waals surface area contributed by atoms with E-state index in [1.807, 2.05) is 24.4 Å². The van der Waals surface area contributed by atoms with Gasteiger partial charge in [0.15, 0.2) is 5.82 Å². The molecule has 1 N–H and O–H groups in total. The predicted molar refractivity (Wildman–Crippen MR) is 78.1 cm³/mol. The lowest BCUT2D eigenvalue weighted by atomic mass is 10.3. The van der Waals surface area contributed by atoms with Crippen LogP contribution in [0.3, 0.4) is 0 Å². The molecule has 0 aliphatic rings. The van der Waals surface area contributed by atoms with Gasteiger partial charge in [-0.1, -0.05) is 18.1 Å². The van der Waals surface area contributed by atoms with Gasteiger partial charge in [-0.05, 0) is 11.4 Å². The van der Waals surface area contributed by atoms with Crippen LogP contribution in [0.2, 0.25) is 0 Å². The largest absolute Gasteiger partial charge is 0.339 e. The zero-order valence-corrected chi connectivity index (χ0v) is 13.3. The summed E-state index contributed by atoms with van der Waals surface area (Å²) in [4.78, 5) is 9.11. The van der Waals surface area contributed by atoms with Gasteiger partial charge in [-0.3, -0.25) is 5.10 Å². The first-order valence-electron chi connectivity index (χ1n) is 6.54. The Morgan fingerprint density at radius 3 is 2.91 bits per heavy atom. The van der Waals surface area contributed by atoms with Crippen LogP contribution in [0.5, 0.6) is 0 Å². The molecule has 3 aromatic rings. The molecule has 8 nitrogen and oxygen atoms in total. The minimum Gasteiger partial charge on any atom is -0.339 e. The van der Waals surface area contributed by atoms with Crippen molar-refractivity contribution in [1.82, 2.24) is 25.3 Å². The molecule has 10 heteroatoms. The molecular formula is C12H13N5O3S2. The van der Waals surface area contributed by atoms with Crippen LogP contribution < -0.4 is 0 Å². The number of aromatic amines is 1. The molecular weight excluding hydrogens is 326 g/mol. The molecule has 3 aromatic heterocycles. The second kappa shape index (κ2) is 5.97. The summed E-state index contributed by atoms with van der Waals surface area (Å²) in [6.07, 6.45) is 1.07. The molecule has 0 aliphatic heterocycles. The Morgan fingerprint density at radius 1 is 1.36 bits per heavy atom. The number of hydrogen-bond acceptors (Lipinski definition) is 8. The van der Waals surface area contributed by atoms with Gasteiger partial charge < -0.3 is 4.52 Å². The van der Waals surface area contributed by atoms with Gasteiger partial charge in [-0.25, -0.2) is 13.4 Å². The Labute approximate surface area is 130 Å². The Morgan fingerprint density at radius 2 is 2.23 bits per heavy atom. The molecule has 0 unspecified atom stereocenters. The lowest BCUT2D eigenvalue weighted by Gasteiger charge is -1.94. The van der Waals surface area contributed by atoms with Crippen molar-refractivity contribution in [2.24, 2.45) is 0 Å². The highest BCUT2D eigenvalue weighted by Gasteiger charge is 2.24. The van der Waals surface area contributed by atoms with E-state index in [9.17, 15) is 8.42 Å². The van der Waals surface area contributed by atoms with Crippen molar-refractivity contribution in [3.8, 4) is 0 Å². The van der Waals surface area contributed by atoms with Gasteiger partial charge in [-0.2, -0.15) is 4.98 Å². The number of hydrogen-bond donors (Lipinski definition) is 1. The average Bonchev–Trinajstić information content (AvgIpc) is 3.20. The first-order chi connectivity index (χ1) is 10.6. The normalized spacial score (nSPS) is 11.9. The van der Waals surface area contributed by atoms with Crippen LogP contribution in [0.15, 0.2) is 27.2 Å². The van der Waals surface area contributed by atoms with Crippen molar-refractivity contribution in [3.05, 3.63) is 39.9 Å². The van der Waals surface area contributed by atoms with E-state index in [4.69, 9.17) is 4.52 Å². The first kappa shape index (κ1) is 14.9. The Hall–Kier alpha value is -2.07. The zero-order valence-electron chi connectivity index (χ0n) is 11.7. The Bertz CT molecular complexity index is 851. The summed E-state index contributed by atoms with van der Waals surface area (Å²) in [6, 6.07) is 3.88. The maximum absolute atomic E-state index is 12.3. The third-order valence-corrected chi connectivity index (χ3v) is 5.10. The molecule has 0 saturated carbocycles. The molecule has 116 valence electrons. The SMILES string of the molecule is CCc1nc(CS(=O)(=O)c2n[nH]c(Cc3cccs3)n2)no1. The highest BCUT2D eigenvalue weighted by atomic mass is 32.2. The monoisotopic (exact) mass is 339 g/mol. The van der Waals surface area contributed by atoms with E-state index in [0.29, 0.717) is 24.6 Å². The lowest BCUT2D eigenvalue weighted by Crippen LogP contribution is -2.08. The number of nitrogens with zero attached hydrogens (tertiary/aromatic N) is 4. The van der Waals surface area contributed by atoms with E-state index in [-0.39, 0.29) is 16.7 Å². The lowest BCUT2D eigenvalue weighted by molar-refractivity contribution is 0.378. The predicted octanol–water partition coefficient (Wildman–Crippen LogP) is 1.38. The van der Waals surface area contributed by atoms with Gasteiger partial charge in [-0.15, -0.1) is 16.4 Å². The molecule has 0 aromatic carbocycles. The Balaban J connectivity index is 1.76. The van der Waals surface area contributed by atoms with Crippen LogP contribution in [0, 0.1) is 0 Å². The fourth-order valence-corrected chi connectivity index (χ4v) is 3.53. The number of rotatable bonds is 6. The van der Waals surface area contributed by atoms with Crippen LogP contribution >= 0.6 is 11.3 Å². The van der Waals surface area contributed by atoms with E-state index in [1.165, 1.54) is 0 Å². The minimum atomic E-state index is -3.70. The molecule has 3 rings (SSSR count). The number of aromatic nitrogens is 5. The highest BCUT2D eigenvalue weighted by molar-refractivity contribution is 7.90. The summed E-state index contributed by atoms with van der Waals surface area (Å²) in [5.41, 5.74) is 0. The fraction of sp³-hybridized carbons (Fsp3) is 0.333. The van der Waals surface area contributed by atoms with Crippen LogP contribution in [0.4, 0.5) is 0 Å². The molecule has 0 bridgehead atoms.